The summed E-state index contributed by atoms with van der Waals surface area (Å²) >= 11 is 1.54. The van der Waals surface area contributed by atoms with E-state index in [1.807, 2.05) is 22.9 Å². The number of anilines is 2. The van der Waals surface area contributed by atoms with Crippen molar-refractivity contribution < 1.29 is 14.7 Å². The van der Waals surface area contributed by atoms with E-state index in [0.29, 0.717) is 11.3 Å². The van der Waals surface area contributed by atoms with Gasteiger partial charge in [0.25, 0.3) is 5.91 Å². The van der Waals surface area contributed by atoms with Crippen LogP contribution >= 0.6 is 11.3 Å². The zero-order valence-corrected chi connectivity index (χ0v) is 17.7. The fourth-order valence-electron chi connectivity index (χ4n) is 3.07. The van der Waals surface area contributed by atoms with Crippen molar-refractivity contribution in [3.8, 4) is 5.69 Å². The Kier molecular flexibility index (Phi) is 6.13. The number of carboxylic acid groups (broad SMARTS) is 1. The van der Waals surface area contributed by atoms with Gasteiger partial charge in [0.2, 0.25) is 0 Å². The zero-order chi connectivity index (χ0) is 22.5. The molecule has 10 heteroatoms. The maximum atomic E-state index is 12.6. The standard InChI is InChI=1S/C22H20N6O3S/c23-19-13-28(18-7-9-32-14-18)26-20(19)25-21(29)17-5-3-15(4-6-17)11-27(22(30)31)12-16-2-1-8-24-10-16/h1-10,13-14H,11-12,23H2,(H,30,31)(H,25,26,29). The molecule has 0 fully saturated rings. The maximum absolute atomic E-state index is 12.6. The van der Waals surface area contributed by atoms with E-state index in [1.54, 1.807) is 53.6 Å². The molecule has 1 aromatic carbocycles. The van der Waals surface area contributed by atoms with Crippen molar-refractivity contribution in [2.75, 3.05) is 11.1 Å². The van der Waals surface area contributed by atoms with Crippen molar-refractivity contribution in [2.24, 2.45) is 0 Å². The second kappa shape index (κ2) is 9.31. The van der Waals surface area contributed by atoms with Gasteiger partial charge in [-0.3, -0.25) is 14.7 Å². The van der Waals surface area contributed by atoms with E-state index in [9.17, 15) is 14.7 Å². The van der Waals surface area contributed by atoms with Gasteiger partial charge in [-0.15, -0.1) is 5.10 Å². The summed E-state index contributed by atoms with van der Waals surface area (Å²) in [6, 6.07) is 12.2. The number of carbonyl (C=O) groups is 2. The van der Waals surface area contributed by atoms with E-state index in [-0.39, 0.29) is 24.8 Å². The van der Waals surface area contributed by atoms with Crippen LogP contribution < -0.4 is 11.1 Å². The quantitative estimate of drug-likeness (QED) is 0.394. The highest BCUT2D eigenvalue weighted by Crippen LogP contribution is 2.21. The minimum absolute atomic E-state index is 0.185. The summed E-state index contributed by atoms with van der Waals surface area (Å²) in [7, 11) is 0. The third kappa shape index (κ3) is 4.93. The summed E-state index contributed by atoms with van der Waals surface area (Å²) in [6.07, 6.45) is 3.88. The molecule has 4 aromatic rings. The molecule has 3 heterocycles. The van der Waals surface area contributed by atoms with Crippen LogP contribution in [0.5, 0.6) is 0 Å². The number of carbonyl (C=O) groups excluding carboxylic acids is 1. The summed E-state index contributed by atoms with van der Waals surface area (Å²) in [5.74, 6) is -0.0805. The Morgan fingerprint density at radius 1 is 1.12 bits per heavy atom. The third-order valence-corrected chi connectivity index (χ3v) is 5.37. The van der Waals surface area contributed by atoms with Gasteiger partial charge in [-0.25, -0.2) is 9.48 Å². The lowest BCUT2D eigenvalue weighted by Gasteiger charge is -2.19. The Balaban J connectivity index is 1.41. The Hall–Kier alpha value is -4.18. The Morgan fingerprint density at radius 2 is 1.91 bits per heavy atom. The Bertz CT molecular complexity index is 1210. The average Bonchev–Trinajstić information content (AvgIpc) is 3.45. The highest BCUT2D eigenvalue weighted by molar-refractivity contribution is 7.08. The molecule has 0 aliphatic carbocycles. The van der Waals surface area contributed by atoms with Gasteiger partial charge in [0.05, 0.1) is 24.1 Å². The van der Waals surface area contributed by atoms with Gasteiger partial charge in [0, 0.05) is 29.9 Å². The highest BCUT2D eigenvalue weighted by Gasteiger charge is 2.15. The number of benzene rings is 1. The zero-order valence-electron chi connectivity index (χ0n) is 16.9. The van der Waals surface area contributed by atoms with Crippen LogP contribution in [0.15, 0.2) is 71.8 Å². The largest absolute Gasteiger partial charge is 0.465 e. The van der Waals surface area contributed by atoms with Crippen molar-refractivity contribution in [3.63, 3.8) is 0 Å². The molecular weight excluding hydrogens is 428 g/mol. The SMILES string of the molecule is Nc1cn(-c2ccsc2)nc1NC(=O)c1ccc(CN(Cc2cccnc2)C(=O)O)cc1. The minimum atomic E-state index is -1.03. The molecule has 0 aliphatic heterocycles. The van der Waals surface area contributed by atoms with E-state index in [1.165, 1.54) is 16.2 Å². The number of amides is 2. The third-order valence-electron chi connectivity index (χ3n) is 4.70. The van der Waals surface area contributed by atoms with Crippen LogP contribution in [0, 0.1) is 0 Å². The predicted octanol–water partition coefficient (Wildman–Crippen LogP) is 3.84. The van der Waals surface area contributed by atoms with Crippen LogP contribution in [0.25, 0.3) is 5.69 Å². The topological polar surface area (TPSA) is 126 Å². The molecule has 32 heavy (non-hydrogen) atoms. The smallest absolute Gasteiger partial charge is 0.407 e. The fourth-order valence-corrected chi connectivity index (χ4v) is 3.69. The van der Waals surface area contributed by atoms with Gasteiger partial charge in [-0.05, 0) is 40.8 Å². The Labute approximate surface area is 187 Å². The van der Waals surface area contributed by atoms with Crippen molar-refractivity contribution in [1.29, 1.82) is 0 Å². The monoisotopic (exact) mass is 448 g/mol. The second-order valence-corrected chi connectivity index (χ2v) is 7.79. The summed E-state index contributed by atoms with van der Waals surface area (Å²) in [5, 5.41) is 20.4. The first kappa shape index (κ1) is 21.1. The predicted molar refractivity (Wildman–Crippen MR) is 122 cm³/mol. The minimum Gasteiger partial charge on any atom is -0.465 e. The molecule has 0 spiro atoms. The van der Waals surface area contributed by atoms with Crippen molar-refractivity contribution in [1.82, 2.24) is 19.7 Å². The normalized spacial score (nSPS) is 10.6. The molecule has 162 valence electrons. The average molecular weight is 449 g/mol. The number of aromatic nitrogens is 3. The lowest BCUT2D eigenvalue weighted by molar-refractivity contribution is 0.102. The van der Waals surface area contributed by atoms with E-state index in [4.69, 9.17) is 5.73 Å². The van der Waals surface area contributed by atoms with Gasteiger partial charge in [-0.1, -0.05) is 18.2 Å². The van der Waals surface area contributed by atoms with Crippen LogP contribution in [0.2, 0.25) is 0 Å². The van der Waals surface area contributed by atoms with Crippen LogP contribution in [0.3, 0.4) is 0 Å². The summed E-state index contributed by atoms with van der Waals surface area (Å²) in [5.41, 5.74) is 9.17. The number of nitrogens with zero attached hydrogens (tertiary/aromatic N) is 4. The number of nitrogens with one attached hydrogen (secondary N) is 1. The first-order valence-electron chi connectivity index (χ1n) is 9.64. The Morgan fingerprint density at radius 3 is 2.56 bits per heavy atom. The second-order valence-electron chi connectivity index (χ2n) is 7.01. The number of hydrogen-bond donors (Lipinski definition) is 3. The molecule has 0 radical (unpaired) electrons. The molecule has 3 aromatic heterocycles. The number of hydrogen-bond acceptors (Lipinski definition) is 6. The van der Waals surface area contributed by atoms with Crippen molar-refractivity contribution in [2.45, 2.75) is 13.1 Å². The molecule has 4 rings (SSSR count). The van der Waals surface area contributed by atoms with E-state index >= 15 is 0 Å². The van der Waals surface area contributed by atoms with E-state index in [2.05, 4.69) is 15.4 Å². The van der Waals surface area contributed by atoms with E-state index < -0.39 is 6.09 Å². The fraction of sp³-hybridized carbons (Fsp3) is 0.0909. The molecule has 0 unspecified atom stereocenters. The lowest BCUT2D eigenvalue weighted by Crippen LogP contribution is -2.28. The molecule has 4 N–H and O–H groups in total. The molecule has 2 amide bonds. The van der Waals surface area contributed by atoms with Crippen molar-refractivity contribution in [3.05, 3.63) is 88.5 Å². The first-order chi connectivity index (χ1) is 15.5. The number of nitrogen functional groups attached to an aromatic ring is 1. The van der Waals surface area contributed by atoms with Crippen molar-refractivity contribution >= 4 is 34.8 Å². The molecule has 0 bridgehead atoms. The lowest BCUT2D eigenvalue weighted by atomic mass is 10.1. The summed E-state index contributed by atoms with van der Waals surface area (Å²) in [4.78, 5) is 29.5. The van der Waals surface area contributed by atoms with Crippen LogP contribution in [0.4, 0.5) is 16.3 Å². The highest BCUT2D eigenvalue weighted by atomic mass is 32.1. The molecule has 0 atom stereocenters. The maximum Gasteiger partial charge on any atom is 0.407 e. The van der Waals surface area contributed by atoms with Crippen LogP contribution in [0.1, 0.15) is 21.5 Å². The molecule has 0 saturated carbocycles. The summed E-state index contributed by atoms with van der Waals surface area (Å²) in [6.45, 7) is 0.404. The number of pyridine rings is 1. The number of thiophene rings is 1. The van der Waals surface area contributed by atoms with Gasteiger partial charge >= 0.3 is 6.09 Å². The molecule has 0 aliphatic rings. The van der Waals surface area contributed by atoms with E-state index in [0.717, 1.165) is 16.8 Å². The first-order valence-corrected chi connectivity index (χ1v) is 10.6. The summed E-state index contributed by atoms with van der Waals surface area (Å²) < 4.78 is 1.60. The van der Waals surface area contributed by atoms with Gasteiger partial charge in [0.15, 0.2) is 5.82 Å². The van der Waals surface area contributed by atoms with Gasteiger partial charge in [-0.2, -0.15) is 11.3 Å². The van der Waals surface area contributed by atoms with Gasteiger partial charge < -0.3 is 16.2 Å². The van der Waals surface area contributed by atoms with Crippen LogP contribution in [-0.2, 0) is 13.1 Å². The molecule has 9 nitrogen and oxygen atoms in total. The molecular formula is C22H20N6O3S. The van der Waals surface area contributed by atoms with Gasteiger partial charge in [0.1, 0.15) is 0 Å². The number of rotatable bonds is 7. The molecule has 0 saturated heterocycles. The van der Waals surface area contributed by atoms with Crippen LogP contribution in [-0.4, -0.2) is 36.8 Å². The number of nitrogens with two attached hydrogens (primary N) is 1.